The number of nitrogens with zero attached hydrogens (tertiary/aromatic N) is 1. The Labute approximate surface area is 150 Å². The molecule has 5 nitrogen and oxygen atoms in total. The number of carbonyl (C=O) groups is 1. The topological polar surface area (TPSA) is 60.5 Å². The van der Waals surface area contributed by atoms with E-state index in [1.807, 2.05) is 43.5 Å². The van der Waals surface area contributed by atoms with Crippen LogP contribution in [0.15, 0.2) is 48.0 Å². The van der Waals surface area contributed by atoms with Gasteiger partial charge in [-0.15, -0.1) is 11.3 Å². The summed E-state index contributed by atoms with van der Waals surface area (Å²) in [6.45, 7) is 3.90. The molecule has 3 aromatic rings. The molecule has 0 fully saturated rings. The fourth-order valence-corrected chi connectivity index (χ4v) is 3.10. The monoisotopic (exact) mass is 354 g/mol. The molecule has 3 rings (SSSR count). The van der Waals surface area contributed by atoms with Gasteiger partial charge in [0.25, 0.3) is 5.91 Å². The first-order chi connectivity index (χ1) is 12.1. The van der Waals surface area contributed by atoms with Gasteiger partial charge in [0.1, 0.15) is 0 Å². The Morgan fingerprint density at radius 1 is 1.12 bits per heavy atom. The maximum absolute atomic E-state index is 12.2. The molecule has 0 saturated carbocycles. The molecule has 0 radical (unpaired) electrons. The number of aryl methyl sites for hydroxylation is 2. The molecular weight excluding hydrogens is 336 g/mol. The van der Waals surface area contributed by atoms with Crippen LogP contribution in [0.2, 0.25) is 0 Å². The maximum Gasteiger partial charge on any atom is 0.266 e. The number of amides is 1. The van der Waals surface area contributed by atoms with Gasteiger partial charge in [0.2, 0.25) is 5.88 Å². The molecule has 128 valence electrons. The predicted octanol–water partition coefficient (Wildman–Crippen LogP) is 4.81. The lowest BCUT2D eigenvalue weighted by Crippen LogP contribution is -2.11. The van der Waals surface area contributed by atoms with Gasteiger partial charge in [-0.3, -0.25) is 4.79 Å². The summed E-state index contributed by atoms with van der Waals surface area (Å²) >= 11 is 1.42. The minimum Gasteiger partial charge on any atom is -0.493 e. The quantitative estimate of drug-likeness (QED) is 0.714. The van der Waals surface area contributed by atoms with Gasteiger partial charge in [-0.2, -0.15) is 0 Å². The Hall–Kier alpha value is -2.86. The number of hydrogen-bond donors (Lipinski definition) is 1. The Morgan fingerprint density at radius 3 is 2.60 bits per heavy atom. The SMILES string of the molecule is COc1cc(C)ccc1Oc1ccc(NC(=O)c2sccc2C)cn1. The number of ether oxygens (including phenoxy) is 2. The Kier molecular flexibility index (Phi) is 5.00. The highest BCUT2D eigenvalue weighted by molar-refractivity contribution is 7.12. The molecule has 25 heavy (non-hydrogen) atoms. The van der Waals surface area contributed by atoms with E-state index >= 15 is 0 Å². The van der Waals surface area contributed by atoms with Crippen molar-refractivity contribution in [3.63, 3.8) is 0 Å². The average molecular weight is 354 g/mol. The zero-order valence-electron chi connectivity index (χ0n) is 14.2. The van der Waals surface area contributed by atoms with E-state index in [1.54, 1.807) is 25.4 Å². The van der Waals surface area contributed by atoms with E-state index < -0.39 is 0 Å². The molecule has 0 aliphatic carbocycles. The minimum absolute atomic E-state index is 0.136. The van der Waals surface area contributed by atoms with Gasteiger partial charge in [0.05, 0.1) is 23.9 Å². The molecule has 1 amide bonds. The average Bonchev–Trinajstić information content (AvgIpc) is 3.04. The summed E-state index contributed by atoms with van der Waals surface area (Å²) in [6.07, 6.45) is 1.57. The first kappa shape index (κ1) is 17.0. The van der Waals surface area contributed by atoms with Crippen LogP contribution >= 0.6 is 11.3 Å². The summed E-state index contributed by atoms with van der Waals surface area (Å²) in [5.74, 6) is 1.52. The molecule has 2 heterocycles. The first-order valence-electron chi connectivity index (χ1n) is 7.71. The molecule has 0 aliphatic heterocycles. The molecule has 6 heteroatoms. The van der Waals surface area contributed by atoms with Crippen molar-refractivity contribution in [3.8, 4) is 17.4 Å². The van der Waals surface area contributed by atoms with Gasteiger partial charge in [-0.1, -0.05) is 6.07 Å². The van der Waals surface area contributed by atoms with Crippen molar-refractivity contribution in [2.75, 3.05) is 12.4 Å². The van der Waals surface area contributed by atoms with Crippen LogP contribution in [0.4, 0.5) is 5.69 Å². The minimum atomic E-state index is -0.136. The van der Waals surface area contributed by atoms with Crippen LogP contribution in [-0.2, 0) is 0 Å². The van der Waals surface area contributed by atoms with Crippen LogP contribution < -0.4 is 14.8 Å². The third-order valence-corrected chi connectivity index (χ3v) is 4.61. The van der Waals surface area contributed by atoms with E-state index in [2.05, 4.69) is 10.3 Å². The van der Waals surface area contributed by atoms with E-state index in [9.17, 15) is 4.79 Å². The number of benzene rings is 1. The first-order valence-corrected chi connectivity index (χ1v) is 8.59. The fraction of sp³-hybridized carbons (Fsp3) is 0.158. The summed E-state index contributed by atoms with van der Waals surface area (Å²) in [5, 5.41) is 4.73. The van der Waals surface area contributed by atoms with Crippen molar-refractivity contribution in [3.05, 3.63) is 64.0 Å². The summed E-state index contributed by atoms with van der Waals surface area (Å²) in [5.41, 5.74) is 2.65. The number of anilines is 1. The number of hydrogen-bond acceptors (Lipinski definition) is 5. The van der Waals surface area contributed by atoms with Crippen molar-refractivity contribution >= 4 is 22.9 Å². The lowest BCUT2D eigenvalue weighted by atomic mass is 10.2. The lowest BCUT2D eigenvalue weighted by Gasteiger charge is -2.11. The third-order valence-electron chi connectivity index (χ3n) is 3.60. The van der Waals surface area contributed by atoms with Gasteiger partial charge in [-0.05, 0) is 54.6 Å². The molecule has 0 bridgehead atoms. The second-order valence-electron chi connectivity index (χ2n) is 5.53. The molecule has 0 saturated heterocycles. The van der Waals surface area contributed by atoms with Gasteiger partial charge in [0.15, 0.2) is 11.5 Å². The van der Waals surface area contributed by atoms with Crippen LogP contribution in [0.5, 0.6) is 17.4 Å². The molecule has 1 N–H and O–H groups in total. The molecular formula is C19H18N2O3S. The van der Waals surface area contributed by atoms with E-state index in [0.717, 1.165) is 11.1 Å². The van der Waals surface area contributed by atoms with Crippen LogP contribution in [0.1, 0.15) is 20.8 Å². The Morgan fingerprint density at radius 2 is 1.96 bits per heavy atom. The zero-order valence-corrected chi connectivity index (χ0v) is 15.0. The highest BCUT2D eigenvalue weighted by Crippen LogP contribution is 2.31. The van der Waals surface area contributed by atoms with Crippen LogP contribution in [0.25, 0.3) is 0 Å². The molecule has 0 unspecified atom stereocenters. The second kappa shape index (κ2) is 7.36. The number of rotatable bonds is 5. The number of aromatic nitrogens is 1. The molecule has 0 aliphatic rings. The number of methoxy groups -OCH3 is 1. The van der Waals surface area contributed by atoms with Gasteiger partial charge >= 0.3 is 0 Å². The number of nitrogens with one attached hydrogen (secondary N) is 1. The lowest BCUT2D eigenvalue weighted by molar-refractivity contribution is 0.103. The maximum atomic E-state index is 12.2. The normalized spacial score (nSPS) is 10.4. The Balaban J connectivity index is 1.70. The zero-order chi connectivity index (χ0) is 17.8. The molecule has 2 aromatic heterocycles. The van der Waals surface area contributed by atoms with E-state index in [4.69, 9.17) is 9.47 Å². The molecule has 1 aromatic carbocycles. The molecule has 0 atom stereocenters. The van der Waals surface area contributed by atoms with Crippen molar-refractivity contribution < 1.29 is 14.3 Å². The second-order valence-corrected chi connectivity index (χ2v) is 6.44. The molecule has 0 spiro atoms. The van der Waals surface area contributed by atoms with E-state index in [-0.39, 0.29) is 5.91 Å². The van der Waals surface area contributed by atoms with E-state index in [1.165, 1.54) is 11.3 Å². The highest BCUT2D eigenvalue weighted by atomic mass is 32.1. The summed E-state index contributed by atoms with van der Waals surface area (Å²) in [4.78, 5) is 17.1. The van der Waals surface area contributed by atoms with Gasteiger partial charge < -0.3 is 14.8 Å². The van der Waals surface area contributed by atoms with Gasteiger partial charge in [0, 0.05) is 6.07 Å². The summed E-state index contributed by atoms with van der Waals surface area (Å²) < 4.78 is 11.1. The number of carbonyl (C=O) groups excluding carboxylic acids is 1. The van der Waals surface area contributed by atoms with Crippen LogP contribution in [0, 0.1) is 13.8 Å². The van der Waals surface area contributed by atoms with Crippen molar-refractivity contribution in [1.82, 2.24) is 4.98 Å². The standard InChI is InChI=1S/C19H18N2O3S/c1-12-4-6-15(16(10-12)23-3)24-17-7-5-14(11-20-17)21-19(22)18-13(2)8-9-25-18/h4-11H,1-3H3,(H,21,22). The van der Waals surface area contributed by atoms with Crippen molar-refractivity contribution in [2.45, 2.75) is 13.8 Å². The largest absolute Gasteiger partial charge is 0.493 e. The smallest absolute Gasteiger partial charge is 0.266 e. The van der Waals surface area contributed by atoms with Gasteiger partial charge in [-0.25, -0.2) is 4.98 Å². The Bertz CT molecular complexity index is 888. The third kappa shape index (κ3) is 3.97. The van der Waals surface area contributed by atoms with Crippen molar-refractivity contribution in [1.29, 1.82) is 0 Å². The van der Waals surface area contributed by atoms with Crippen molar-refractivity contribution in [2.24, 2.45) is 0 Å². The van der Waals surface area contributed by atoms with Crippen LogP contribution in [-0.4, -0.2) is 18.0 Å². The predicted molar refractivity (Wildman–Crippen MR) is 99.1 cm³/mol. The highest BCUT2D eigenvalue weighted by Gasteiger charge is 2.11. The summed E-state index contributed by atoms with van der Waals surface area (Å²) in [7, 11) is 1.60. The number of thiophene rings is 1. The van der Waals surface area contributed by atoms with E-state index in [0.29, 0.717) is 27.9 Å². The fourth-order valence-electron chi connectivity index (χ4n) is 2.28. The number of pyridine rings is 1. The summed E-state index contributed by atoms with van der Waals surface area (Å²) in [6, 6.07) is 11.1. The van der Waals surface area contributed by atoms with Crippen LogP contribution in [0.3, 0.4) is 0 Å².